The van der Waals surface area contributed by atoms with Gasteiger partial charge in [-0.25, -0.2) is 17.9 Å². The molecule has 0 heterocycles. The third-order valence-corrected chi connectivity index (χ3v) is 6.91. The molecule has 0 fully saturated rings. The zero-order valence-corrected chi connectivity index (χ0v) is 15.3. The van der Waals surface area contributed by atoms with Crippen molar-refractivity contribution in [3.05, 3.63) is 28.3 Å². The molecular weight excluding hydrogens is 326 g/mol. The minimum Gasteiger partial charge on any atom is -0.307 e. The summed E-state index contributed by atoms with van der Waals surface area (Å²) in [7, 11) is -0.412. The lowest BCUT2D eigenvalue weighted by Gasteiger charge is -2.21. The zero-order chi connectivity index (χ0) is 17.5. The van der Waals surface area contributed by atoms with Crippen molar-refractivity contribution in [2.45, 2.75) is 50.8 Å². The summed E-state index contributed by atoms with van der Waals surface area (Å²) in [5, 5.41) is 2.06. The topological polar surface area (TPSA) is 78.5 Å². The number of sulfonamides is 1. The highest BCUT2D eigenvalue weighted by Gasteiger charge is 2.28. The number of carbonyl (C=O) groups is 1. The Balaban J connectivity index is 1.83. The Hall–Kier alpha value is -1.60. The van der Waals surface area contributed by atoms with Crippen molar-refractivity contribution in [3.63, 3.8) is 0 Å². The number of urea groups is 1. The molecule has 1 atom stereocenters. The van der Waals surface area contributed by atoms with Gasteiger partial charge in [0.05, 0.1) is 0 Å². The number of hydrogen-bond acceptors (Lipinski definition) is 4. The van der Waals surface area contributed by atoms with Gasteiger partial charge in [-0.15, -0.1) is 0 Å². The van der Waals surface area contributed by atoms with Crippen molar-refractivity contribution < 1.29 is 13.2 Å². The second-order valence-electron chi connectivity index (χ2n) is 6.90. The monoisotopic (exact) mass is 351 g/mol. The van der Waals surface area contributed by atoms with E-state index in [9.17, 15) is 13.2 Å². The Morgan fingerprint density at radius 3 is 2.12 bits per heavy atom. The fourth-order valence-electron chi connectivity index (χ4n) is 3.60. The molecule has 0 saturated carbocycles. The highest BCUT2D eigenvalue weighted by molar-refractivity contribution is 7.90. The smallest absolute Gasteiger partial charge is 0.307 e. The molecule has 1 aromatic rings. The zero-order valence-electron chi connectivity index (χ0n) is 14.5. The molecule has 1 unspecified atom stereocenters. The van der Waals surface area contributed by atoms with Crippen LogP contribution in [0.3, 0.4) is 0 Å². The molecule has 0 saturated heterocycles. The lowest BCUT2D eigenvalue weighted by molar-refractivity contribution is 0.256. The Labute approximate surface area is 143 Å². The minimum absolute atomic E-state index is 0.668. The number of aryl methyl sites for hydroxylation is 2. The lowest BCUT2D eigenvalue weighted by atomic mass is 9.99. The van der Waals surface area contributed by atoms with Crippen LogP contribution in [-0.4, -0.2) is 38.8 Å². The SMILES string of the molecule is CC(N(C)C)S(=O)(=O)NC(=O)Nc1c2c(cc3c1CCC3)CCC2. The minimum atomic E-state index is -3.74. The highest BCUT2D eigenvalue weighted by Crippen LogP contribution is 2.38. The van der Waals surface area contributed by atoms with Crippen molar-refractivity contribution in [1.29, 1.82) is 0 Å². The molecule has 132 valence electrons. The number of rotatable bonds is 4. The summed E-state index contributed by atoms with van der Waals surface area (Å²) in [5.74, 6) is 0. The summed E-state index contributed by atoms with van der Waals surface area (Å²) in [6.07, 6.45) is 6.14. The molecule has 7 heteroatoms. The van der Waals surface area contributed by atoms with Gasteiger partial charge in [-0.3, -0.25) is 4.90 Å². The largest absolute Gasteiger partial charge is 0.332 e. The Morgan fingerprint density at radius 1 is 1.08 bits per heavy atom. The van der Waals surface area contributed by atoms with Crippen molar-refractivity contribution >= 4 is 21.7 Å². The van der Waals surface area contributed by atoms with E-state index in [0.717, 1.165) is 44.2 Å². The number of nitrogens with one attached hydrogen (secondary N) is 2. The van der Waals surface area contributed by atoms with Crippen LogP contribution in [0.25, 0.3) is 0 Å². The second-order valence-corrected chi connectivity index (χ2v) is 8.87. The number of fused-ring (bicyclic) bond motifs is 2. The number of nitrogens with zero attached hydrogens (tertiary/aromatic N) is 1. The van der Waals surface area contributed by atoms with Gasteiger partial charge >= 0.3 is 6.03 Å². The third-order valence-electron chi connectivity index (χ3n) is 5.12. The average Bonchev–Trinajstić information content (AvgIpc) is 3.13. The Bertz CT molecular complexity index is 740. The van der Waals surface area contributed by atoms with Gasteiger partial charge in [0.15, 0.2) is 0 Å². The van der Waals surface area contributed by atoms with E-state index in [-0.39, 0.29) is 0 Å². The molecule has 0 aliphatic heterocycles. The standard InChI is InChI=1S/C17H25N3O3S/c1-11(20(2)3)24(22,23)19-17(21)18-16-14-8-4-6-12(14)10-13-7-5-9-15(13)16/h10-11H,4-9H2,1-3H3,(H2,18,19,21). The van der Waals surface area contributed by atoms with Gasteiger partial charge in [0, 0.05) is 5.69 Å². The number of anilines is 1. The number of amides is 2. The van der Waals surface area contributed by atoms with Crippen LogP contribution in [0.4, 0.5) is 10.5 Å². The first-order chi connectivity index (χ1) is 11.3. The Morgan fingerprint density at radius 2 is 1.62 bits per heavy atom. The van der Waals surface area contributed by atoms with Gasteiger partial charge in [-0.05, 0) is 81.8 Å². The number of benzene rings is 1. The van der Waals surface area contributed by atoms with Crippen LogP contribution in [0, 0.1) is 0 Å². The van der Waals surface area contributed by atoms with Crippen LogP contribution in [0.1, 0.15) is 42.0 Å². The maximum atomic E-state index is 12.3. The van der Waals surface area contributed by atoms with Crippen LogP contribution in [0.2, 0.25) is 0 Å². The summed E-state index contributed by atoms with van der Waals surface area (Å²) in [4.78, 5) is 13.9. The van der Waals surface area contributed by atoms with Gasteiger partial charge in [0.25, 0.3) is 10.0 Å². The van der Waals surface area contributed by atoms with Crippen molar-refractivity contribution in [1.82, 2.24) is 9.62 Å². The molecule has 24 heavy (non-hydrogen) atoms. The average molecular weight is 351 g/mol. The lowest BCUT2D eigenvalue weighted by Crippen LogP contribution is -2.45. The molecule has 3 rings (SSSR count). The van der Waals surface area contributed by atoms with Crippen molar-refractivity contribution in [2.24, 2.45) is 0 Å². The van der Waals surface area contributed by atoms with Gasteiger partial charge in [0.1, 0.15) is 5.37 Å². The van der Waals surface area contributed by atoms with Crippen molar-refractivity contribution in [3.8, 4) is 0 Å². The van der Waals surface area contributed by atoms with E-state index >= 15 is 0 Å². The van der Waals surface area contributed by atoms with E-state index in [1.807, 2.05) is 0 Å². The predicted molar refractivity (Wildman–Crippen MR) is 94.7 cm³/mol. The van der Waals surface area contributed by atoms with E-state index < -0.39 is 21.4 Å². The molecule has 2 aliphatic rings. The first kappa shape index (κ1) is 17.2. The van der Waals surface area contributed by atoms with Crippen LogP contribution in [0.5, 0.6) is 0 Å². The molecule has 0 aromatic heterocycles. The first-order valence-corrected chi connectivity index (χ1v) is 10.00. The third kappa shape index (κ3) is 3.15. The quantitative estimate of drug-likeness (QED) is 0.870. The molecule has 2 aliphatic carbocycles. The maximum Gasteiger partial charge on any atom is 0.332 e. The van der Waals surface area contributed by atoms with Crippen LogP contribution < -0.4 is 10.0 Å². The molecule has 1 aromatic carbocycles. The van der Waals surface area contributed by atoms with Gasteiger partial charge in [-0.1, -0.05) is 6.07 Å². The number of carbonyl (C=O) groups excluding carboxylic acids is 1. The Kier molecular flexibility index (Phi) is 4.57. The van der Waals surface area contributed by atoms with E-state index in [1.54, 1.807) is 25.9 Å². The second kappa shape index (κ2) is 6.37. The van der Waals surface area contributed by atoms with E-state index in [4.69, 9.17) is 0 Å². The predicted octanol–water partition coefficient (Wildman–Crippen LogP) is 2.02. The first-order valence-electron chi connectivity index (χ1n) is 8.45. The fraction of sp³-hybridized carbons (Fsp3) is 0.588. The number of hydrogen-bond donors (Lipinski definition) is 2. The van der Waals surface area contributed by atoms with Crippen LogP contribution in [0.15, 0.2) is 6.07 Å². The van der Waals surface area contributed by atoms with Gasteiger partial charge in [-0.2, -0.15) is 0 Å². The molecule has 0 spiro atoms. The molecule has 0 bridgehead atoms. The molecule has 6 nitrogen and oxygen atoms in total. The molecule has 2 N–H and O–H groups in total. The normalized spacial score (nSPS) is 17.5. The van der Waals surface area contributed by atoms with Crippen molar-refractivity contribution in [2.75, 3.05) is 19.4 Å². The maximum absolute atomic E-state index is 12.3. The molecular formula is C17H25N3O3S. The fourth-order valence-corrected chi connectivity index (χ4v) is 4.63. The highest BCUT2D eigenvalue weighted by atomic mass is 32.2. The van der Waals surface area contributed by atoms with Crippen LogP contribution >= 0.6 is 0 Å². The summed E-state index contributed by atoms with van der Waals surface area (Å²) in [6, 6.07) is 1.61. The van der Waals surface area contributed by atoms with Crippen LogP contribution in [-0.2, 0) is 35.7 Å². The summed E-state index contributed by atoms with van der Waals surface area (Å²) in [6.45, 7) is 1.55. The molecule has 0 radical (unpaired) electrons. The van der Waals surface area contributed by atoms with E-state index in [2.05, 4.69) is 16.1 Å². The summed E-state index contributed by atoms with van der Waals surface area (Å²) >= 11 is 0. The van der Waals surface area contributed by atoms with E-state index in [0.29, 0.717) is 0 Å². The van der Waals surface area contributed by atoms with Gasteiger partial charge in [0.2, 0.25) is 0 Å². The summed E-state index contributed by atoms with van der Waals surface area (Å²) in [5.41, 5.74) is 5.82. The summed E-state index contributed by atoms with van der Waals surface area (Å²) < 4.78 is 26.6. The van der Waals surface area contributed by atoms with E-state index in [1.165, 1.54) is 22.3 Å². The van der Waals surface area contributed by atoms with Gasteiger partial charge < -0.3 is 5.32 Å². The molecule has 2 amide bonds.